The first-order valence-corrected chi connectivity index (χ1v) is 7.95. The number of hydrogen-bond acceptors (Lipinski definition) is 5. The number of aryl methyl sites for hydroxylation is 2. The molecule has 0 radical (unpaired) electrons. The highest BCUT2D eigenvalue weighted by Gasteiger charge is 2.11. The highest BCUT2D eigenvalue weighted by atomic mass is 16.3. The van der Waals surface area contributed by atoms with Crippen LogP contribution in [-0.4, -0.2) is 36.7 Å². The zero-order chi connectivity index (χ0) is 17.1. The molecular formula is C17H22N6O. The van der Waals surface area contributed by atoms with Gasteiger partial charge in [-0.1, -0.05) is 12.1 Å². The summed E-state index contributed by atoms with van der Waals surface area (Å²) in [6.07, 6.45) is 0. The van der Waals surface area contributed by atoms with Crippen LogP contribution < -0.4 is 5.32 Å². The van der Waals surface area contributed by atoms with Crippen LogP contribution in [0.1, 0.15) is 22.8 Å². The number of aliphatic hydroxyl groups excluding tert-OH is 1. The van der Waals surface area contributed by atoms with Crippen molar-refractivity contribution in [2.24, 2.45) is 0 Å². The van der Waals surface area contributed by atoms with Crippen LogP contribution in [0.25, 0.3) is 11.4 Å². The Labute approximate surface area is 140 Å². The van der Waals surface area contributed by atoms with Crippen molar-refractivity contribution < 1.29 is 5.11 Å². The lowest BCUT2D eigenvalue weighted by Crippen LogP contribution is -2.07. The van der Waals surface area contributed by atoms with Crippen molar-refractivity contribution in [3.8, 4) is 11.4 Å². The van der Waals surface area contributed by atoms with Crippen LogP contribution in [0, 0.1) is 20.8 Å². The summed E-state index contributed by atoms with van der Waals surface area (Å²) in [6, 6.07) is 8.03. The molecule has 24 heavy (non-hydrogen) atoms. The minimum absolute atomic E-state index is 0.0902. The second-order valence-corrected chi connectivity index (χ2v) is 5.77. The molecule has 0 unspecified atom stereocenters. The van der Waals surface area contributed by atoms with Crippen LogP contribution in [0.3, 0.4) is 0 Å². The van der Waals surface area contributed by atoms with Crippen LogP contribution in [0.2, 0.25) is 0 Å². The minimum atomic E-state index is 0.0902. The Hall–Kier alpha value is -2.67. The molecule has 0 atom stereocenters. The van der Waals surface area contributed by atoms with Crippen molar-refractivity contribution in [1.82, 2.24) is 25.0 Å². The smallest absolute Gasteiger partial charge is 0.181 e. The van der Waals surface area contributed by atoms with Gasteiger partial charge in [0.1, 0.15) is 5.82 Å². The number of aliphatic hydroxyl groups is 1. The van der Waals surface area contributed by atoms with Crippen LogP contribution in [-0.2, 0) is 13.1 Å². The minimum Gasteiger partial charge on any atom is -0.394 e. The summed E-state index contributed by atoms with van der Waals surface area (Å²) in [5.41, 5.74) is 5.18. The van der Waals surface area contributed by atoms with Crippen LogP contribution in [0.15, 0.2) is 24.3 Å². The first-order chi connectivity index (χ1) is 11.6. The van der Waals surface area contributed by atoms with E-state index in [0.717, 1.165) is 34.0 Å². The van der Waals surface area contributed by atoms with Crippen LogP contribution >= 0.6 is 0 Å². The van der Waals surface area contributed by atoms with Gasteiger partial charge in [-0.15, -0.1) is 0 Å². The van der Waals surface area contributed by atoms with Gasteiger partial charge in [-0.2, -0.15) is 10.2 Å². The molecule has 7 nitrogen and oxygen atoms in total. The normalized spacial score (nSPS) is 11.0. The van der Waals surface area contributed by atoms with E-state index in [9.17, 15) is 0 Å². The molecule has 7 heteroatoms. The van der Waals surface area contributed by atoms with Gasteiger partial charge in [0, 0.05) is 29.1 Å². The van der Waals surface area contributed by atoms with Gasteiger partial charge in [0.25, 0.3) is 0 Å². The number of benzene rings is 1. The molecule has 0 aliphatic carbocycles. The summed E-state index contributed by atoms with van der Waals surface area (Å²) in [5.74, 6) is 1.49. The molecule has 3 N–H and O–H groups in total. The monoisotopic (exact) mass is 326 g/mol. The Kier molecular flexibility index (Phi) is 4.61. The first-order valence-electron chi connectivity index (χ1n) is 7.95. The van der Waals surface area contributed by atoms with E-state index in [0.29, 0.717) is 18.9 Å². The van der Waals surface area contributed by atoms with E-state index in [1.807, 2.05) is 49.7 Å². The maximum Gasteiger partial charge on any atom is 0.181 e. The summed E-state index contributed by atoms with van der Waals surface area (Å²) in [5, 5.41) is 24.1. The van der Waals surface area contributed by atoms with Crippen molar-refractivity contribution >= 4 is 5.69 Å². The Balaban J connectivity index is 1.76. The van der Waals surface area contributed by atoms with Crippen molar-refractivity contribution in [1.29, 1.82) is 0 Å². The number of H-pyrrole nitrogens is 1. The lowest BCUT2D eigenvalue weighted by atomic mass is 10.1. The van der Waals surface area contributed by atoms with Gasteiger partial charge in [-0.3, -0.25) is 9.78 Å². The molecule has 3 rings (SSSR count). The third-order valence-corrected chi connectivity index (χ3v) is 4.03. The number of aromatic nitrogens is 5. The fourth-order valence-corrected chi connectivity index (χ4v) is 2.73. The van der Waals surface area contributed by atoms with E-state index in [1.54, 1.807) is 0 Å². The predicted molar refractivity (Wildman–Crippen MR) is 92.7 cm³/mol. The number of aromatic amines is 1. The van der Waals surface area contributed by atoms with E-state index < -0.39 is 0 Å². The average molecular weight is 326 g/mol. The maximum atomic E-state index is 9.10. The lowest BCUT2D eigenvalue weighted by Gasteiger charge is -2.08. The van der Waals surface area contributed by atoms with Crippen LogP contribution in [0.5, 0.6) is 0 Å². The molecule has 0 aliphatic rings. The van der Waals surface area contributed by atoms with Gasteiger partial charge in [-0.25, -0.2) is 4.98 Å². The zero-order valence-corrected chi connectivity index (χ0v) is 14.2. The average Bonchev–Trinajstić information content (AvgIpc) is 3.11. The summed E-state index contributed by atoms with van der Waals surface area (Å²) in [6.45, 7) is 7.19. The van der Waals surface area contributed by atoms with E-state index in [4.69, 9.17) is 5.11 Å². The number of hydrogen-bond donors (Lipinski definition) is 3. The number of nitrogens with one attached hydrogen (secondary N) is 2. The van der Waals surface area contributed by atoms with Gasteiger partial charge >= 0.3 is 0 Å². The van der Waals surface area contributed by atoms with E-state index in [1.165, 1.54) is 0 Å². The Bertz CT molecular complexity index is 835. The molecule has 3 aromatic rings. The topological polar surface area (TPSA) is 91.7 Å². The molecule has 0 saturated carbocycles. The van der Waals surface area contributed by atoms with Gasteiger partial charge < -0.3 is 10.4 Å². The van der Waals surface area contributed by atoms with E-state index in [-0.39, 0.29) is 6.61 Å². The Morgan fingerprint density at radius 3 is 2.79 bits per heavy atom. The molecule has 0 amide bonds. The quantitative estimate of drug-likeness (QED) is 0.646. The van der Waals surface area contributed by atoms with Gasteiger partial charge in [-0.05, 0) is 32.9 Å². The van der Waals surface area contributed by atoms with Crippen molar-refractivity contribution in [3.05, 3.63) is 47.0 Å². The molecule has 0 bridgehead atoms. The predicted octanol–water partition coefficient (Wildman–Crippen LogP) is 2.20. The fraction of sp³-hybridized carbons (Fsp3) is 0.353. The highest BCUT2D eigenvalue weighted by molar-refractivity contribution is 5.62. The standard InChI is InChI=1S/C17H22N6O/c1-11-16(12(2)23(22-11)7-8-24)10-18-15-6-4-5-14(9-15)17-19-13(3)20-21-17/h4-6,9,18,24H,7-8,10H2,1-3H3,(H,19,20,21). The van der Waals surface area contributed by atoms with E-state index in [2.05, 4.69) is 25.6 Å². The molecule has 0 spiro atoms. The van der Waals surface area contributed by atoms with E-state index >= 15 is 0 Å². The zero-order valence-electron chi connectivity index (χ0n) is 14.2. The number of anilines is 1. The largest absolute Gasteiger partial charge is 0.394 e. The Morgan fingerprint density at radius 2 is 2.08 bits per heavy atom. The fourth-order valence-electron chi connectivity index (χ4n) is 2.73. The number of nitrogens with zero attached hydrogens (tertiary/aromatic N) is 4. The van der Waals surface area contributed by atoms with Gasteiger partial charge in [0.15, 0.2) is 5.82 Å². The summed E-state index contributed by atoms with van der Waals surface area (Å²) in [7, 11) is 0. The SMILES string of the molecule is Cc1nc(-c2cccc(NCc3c(C)nn(CCO)c3C)c2)n[nH]1. The van der Waals surface area contributed by atoms with Gasteiger partial charge in [0.2, 0.25) is 0 Å². The van der Waals surface area contributed by atoms with Gasteiger partial charge in [0.05, 0.1) is 18.8 Å². The first kappa shape index (κ1) is 16.2. The van der Waals surface area contributed by atoms with Crippen molar-refractivity contribution in [2.75, 3.05) is 11.9 Å². The second kappa shape index (κ2) is 6.84. The molecule has 2 aromatic heterocycles. The summed E-state index contributed by atoms with van der Waals surface area (Å²) < 4.78 is 1.85. The molecule has 126 valence electrons. The second-order valence-electron chi connectivity index (χ2n) is 5.77. The third-order valence-electron chi connectivity index (χ3n) is 4.03. The molecule has 0 saturated heterocycles. The molecule has 1 aromatic carbocycles. The molecular weight excluding hydrogens is 304 g/mol. The molecule has 2 heterocycles. The third kappa shape index (κ3) is 3.30. The Morgan fingerprint density at radius 1 is 1.25 bits per heavy atom. The highest BCUT2D eigenvalue weighted by Crippen LogP contribution is 2.21. The lowest BCUT2D eigenvalue weighted by molar-refractivity contribution is 0.268. The summed E-state index contributed by atoms with van der Waals surface area (Å²) >= 11 is 0. The van der Waals surface area contributed by atoms with Crippen LogP contribution in [0.4, 0.5) is 5.69 Å². The van der Waals surface area contributed by atoms with Crippen molar-refractivity contribution in [3.63, 3.8) is 0 Å². The van der Waals surface area contributed by atoms with Crippen molar-refractivity contribution in [2.45, 2.75) is 33.9 Å². The molecule has 0 aliphatic heterocycles. The maximum absolute atomic E-state index is 9.10. The summed E-state index contributed by atoms with van der Waals surface area (Å²) in [4.78, 5) is 4.36. The number of rotatable bonds is 6. The molecule has 0 fully saturated rings.